The highest BCUT2D eigenvalue weighted by Crippen LogP contribution is 2.23. The zero-order chi connectivity index (χ0) is 9.14. The van der Waals surface area contributed by atoms with E-state index in [1.807, 2.05) is 0 Å². The van der Waals surface area contributed by atoms with Crippen molar-refractivity contribution in [1.82, 2.24) is 4.90 Å². The monoisotopic (exact) mass is 172 g/mol. The molecule has 0 aromatic carbocycles. The molecular weight excluding hydrogens is 152 g/mol. The first-order valence-electron chi connectivity index (χ1n) is 4.75. The maximum Gasteiger partial charge on any atom is 0.0584 e. The van der Waals surface area contributed by atoms with Crippen LogP contribution in [0.25, 0.3) is 0 Å². The van der Waals surface area contributed by atoms with Crippen LogP contribution in [0.4, 0.5) is 0 Å². The van der Waals surface area contributed by atoms with Crippen LogP contribution in [0.2, 0.25) is 0 Å². The molecule has 3 nitrogen and oxygen atoms in total. The second-order valence-electron chi connectivity index (χ2n) is 3.91. The van der Waals surface area contributed by atoms with Crippen LogP contribution < -0.4 is 5.73 Å². The van der Waals surface area contributed by atoms with E-state index >= 15 is 0 Å². The minimum Gasteiger partial charge on any atom is -0.395 e. The van der Waals surface area contributed by atoms with Crippen molar-refractivity contribution < 1.29 is 5.11 Å². The quantitative estimate of drug-likeness (QED) is 0.632. The Bertz CT molecular complexity index is 140. The summed E-state index contributed by atoms with van der Waals surface area (Å²) in [5.74, 6) is 0.633. The van der Waals surface area contributed by atoms with Gasteiger partial charge in [0.25, 0.3) is 0 Å². The fourth-order valence-electron chi connectivity index (χ4n) is 2.06. The van der Waals surface area contributed by atoms with Crippen LogP contribution in [0, 0.1) is 5.92 Å². The Morgan fingerprint density at radius 3 is 2.75 bits per heavy atom. The van der Waals surface area contributed by atoms with Gasteiger partial charge >= 0.3 is 0 Å². The lowest BCUT2D eigenvalue weighted by Gasteiger charge is -2.26. The molecule has 3 heteroatoms. The van der Waals surface area contributed by atoms with Crippen molar-refractivity contribution in [1.29, 1.82) is 0 Å². The maximum atomic E-state index is 9.00. The Hall–Kier alpha value is -0.120. The summed E-state index contributed by atoms with van der Waals surface area (Å²) in [6.45, 7) is 6.36. The van der Waals surface area contributed by atoms with Gasteiger partial charge in [0, 0.05) is 18.6 Å². The van der Waals surface area contributed by atoms with Gasteiger partial charge in [-0.25, -0.2) is 0 Å². The summed E-state index contributed by atoms with van der Waals surface area (Å²) >= 11 is 0. The van der Waals surface area contributed by atoms with Crippen LogP contribution in [0.3, 0.4) is 0 Å². The average Bonchev–Trinajstić information content (AvgIpc) is 2.45. The van der Waals surface area contributed by atoms with Crippen LogP contribution in [0.15, 0.2) is 0 Å². The summed E-state index contributed by atoms with van der Waals surface area (Å²) < 4.78 is 0. The molecule has 0 aromatic heterocycles. The molecule has 3 N–H and O–H groups in total. The van der Waals surface area contributed by atoms with E-state index in [1.54, 1.807) is 0 Å². The average molecular weight is 172 g/mol. The van der Waals surface area contributed by atoms with Gasteiger partial charge in [0.2, 0.25) is 0 Å². The zero-order valence-corrected chi connectivity index (χ0v) is 8.03. The fourth-order valence-corrected chi connectivity index (χ4v) is 2.06. The Kier molecular flexibility index (Phi) is 3.50. The maximum absolute atomic E-state index is 9.00. The Labute approximate surface area is 74.5 Å². The highest BCUT2D eigenvalue weighted by atomic mass is 16.3. The van der Waals surface area contributed by atoms with Gasteiger partial charge < -0.3 is 10.8 Å². The number of nitrogens with zero attached hydrogens (tertiary/aromatic N) is 1. The van der Waals surface area contributed by atoms with Gasteiger partial charge in [0.05, 0.1) is 6.61 Å². The first-order chi connectivity index (χ1) is 5.69. The summed E-state index contributed by atoms with van der Waals surface area (Å²) in [4.78, 5) is 2.34. The van der Waals surface area contributed by atoms with Crippen LogP contribution in [0.5, 0.6) is 0 Å². The van der Waals surface area contributed by atoms with E-state index in [0.29, 0.717) is 12.0 Å². The summed E-state index contributed by atoms with van der Waals surface area (Å²) in [7, 11) is 0. The largest absolute Gasteiger partial charge is 0.395 e. The van der Waals surface area contributed by atoms with E-state index in [0.717, 1.165) is 13.1 Å². The molecule has 0 spiro atoms. The molecule has 0 radical (unpaired) electrons. The first kappa shape index (κ1) is 9.96. The molecular formula is C9H20N2O. The van der Waals surface area contributed by atoms with Crippen molar-refractivity contribution in [2.24, 2.45) is 11.7 Å². The van der Waals surface area contributed by atoms with E-state index in [2.05, 4.69) is 18.7 Å². The molecule has 3 unspecified atom stereocenters. The second kappa shape index (κ2) is 4.21. The van der Waals surface area contributed by atoms with Gasteiger partial charge in [0.1, 0.15) is 0 Å². The molecule has 1 aliphatic heterocycles. The lowest BCUT2D eigenvalue weighted by atomic mass is 10.1. The first-order valence-corrected chi connectivity index (χ1v) is 4.75. The van der Waals surface area contributed by atoms with E-state index in [4.69, 9.17) is 10.8 Å². The number of nitrogens with two attached hydrogens (primary N) is 1. The predicted octanol–water partition coefficient (Wildman–Crippen LogP) is 0.0363. The van der Waals surface area contributed by atoms with Crippen LogP contribution in [-0.2, 0) is 0 Å². The fraction of sp³-hybridized carbons (Fsp3) is 1.00. The summed E-state index contributed by atoms with van der Waals surface area (Å²) in [6, 6.07) is 0.872. The summed E-state index contributed by atoms with van der Waals surface area (Å²) in [5.41, 5.74) is 5.61. The Balaban J connectivity index is 2.45. The van der Waals surface area contributed by atoms with Crippen molar-refractivity contribution in [3.63, 3.8) is 0 Å². The van der Waals surface area contributed by atoms with Crippen molar-refractivity contribution in [3.8, 4) is 0 Å². The molecule has 72 valence electrons. The smallest absolute Gasteiger partial charge is 0.0584 e. The van der Waals surface area contributed by atoms with E-state index in [1.165, 1.54) is 6.42 Å². The third-order valence-corrected chi connectivity index (χ3v) is 2.87. The Morgan fingerprint density at radius 2 is 2.33 bits per heavy atom. The molecule has 12 heavy (non-hydrogen) atoms. The molecule has 0 aromatic rings. The van der Waals surface area contributed by atoms with Gasteiger partial charge in [-0.15, -0.1) is 0 Å². The van der Waals surface area contributed by atoms with Crippen molar-refractivity contribution in [2.75, 3.05) is 19.7 Å². The van der Waals surface area contributed by atoms with Crippen molar-refractivity contribution in [3.05, 3.63) is 0 Å². The number of likely N-dealkylation sites (tertiary alicyclic amines) is 1. The number of rotatable bonds is 3. The summed E-state index contributed by atoms with van der Waals surface area (Å²) in [5, 5.41) is 9.00. The standard InChI is InChI=1S/C9H20N2O/c1-7-3-9(4-10)5-11(7)8(2)6-12/h7-9,12H,3-6,10H2,1-2H3. The number of aliphatic hydroxyl groups is 1. The number of aliphatic hydroxyl groups excluding tert-OH is 1. The molecule has 1 aliphatic rings. The molecule has 3 atom stereocenters. The predicted molar refractivity (Wildman–Crippen MR) is 49.9 cm³/mol. The van der Waals surface area contributed by atoms with Crippen LogP contribution >= 0.6 is 0 Å². The molecule has 1 saturated heterocycles. The van der Waals surface area contributed by atoms with Gasteiger partial charge in [-0.05, 0) is 32.7 Å². The van der Waals surface area contributed by atoms with Gasteiger partial charge in [-0.1, -0.05) is 0 Å². The van der Waals surface area contributed by atoms with Crippen molar-refractivity contribution >= 4 is 0 Å². The Morgan fingerprint density at radius 1 is 1.67 bits per heavy atom. The second-order valence-corrected chi connectivity index (χ2v) is 3.91. The van der Waals surface area contributed by atoms with Gasteiger partial charge in [-0.2, -0.15) is 0 Å². The highest BCUT2D eigenvalue weighted by molar-refractivity contribution is 4.85. The van der Waals surface area contributed by atoms with Gasteiger partial charge in [0.15, 0.2) is 0 Å². The molecule has 0 aliphatic carbocycles. The molecule has 1 rings (SSSR count). The highest BCUT2D eigenvalue weighted by Gasteiger charge is 2.30. The topological polar surface area (TPSA) is 49.5 Å². The minimum absolute atomic E-state index is 0.252. The molecule has 0 amide bonds. The van der Waals surface area contributed by atoms with E-state index in [9.17, 15) is 0 Å². The van der Waals surface area contributed by atoms with E-state index in [-0.39, 0.29) is 12.6 Å². The van der Waals surface area contributed by atoms with Crippen molar-refractivity contribution in [2.45, 2.75) is 32.4 Å². The molecule has 1 fully saturated rings. The SMILES string of the molecule is CC(CO)N1CC(CN)CC1C. The summed E-state index contributed by atoms with van der Waals surface area (Å²) in [6.07, 6.45) is 1.18. The van der Waals surface area contributed by atoms with E-state index < -0.39 is 0 Å². The molecule has 0 bridgehead atoms. The minimum atomic E-state index is 0.252. The van der Waals surface area contributed by atoms with Crippen LogP contribution in [-0.4, -0.2) is 41.8 Å². The third-order valence-electron chi connectivity index (χ3n) is 2.87. The number of hydrogen-bond donors (Lipinski definition) is 2. The number of hydrogen-bond acceptors (Lipinski definition) is 3. The molecule has 1 heterocycles. The van der Waals surface area contributed by atoms with Crippen LogP contribution in [0.1, 0.15) is 20.3 Å². The molecule has 0 saturated carbocycles. The normalized spacial score (nSPS) is 34.0. The lowest BCUT2D eigenvalue weighted by molar-refractivity contribution is 0.127. The third kappa shape index (κ3) is 1.97. The lowest BCUT2D eigenvalue weighted by Crippen LogP contribution is -2.38. The zero-order valence-electron chi connectivity index (χ0n) is 8.03. The van der Waals surface area contributed by atoms with Gasteiger partial charge in [-0.3, -0.25) is 4.90 Å².